The molecule has 0 unspecified atom stereocenters. The van der Waals surface area contributed by atoms with E-state index in [0.717, 1.165) is 6.07 Å². The molecule has 0 spiro atoms. The Morgan fingerprint density at radius 1 is 1.08 bits per heavy atom. The van der Waals surface area contributed by atoms with Crippen LogP contribution in [0.25, 0.3) is 0 Å². The fraction of sp³-hybridized carbons (Fsp3) is 0.0667. The summed E-state index contributed by atoms with van der Waals surface area (Å²) in [6, 6.07) is 9.40. The van der Waals surface area contributed by atoms with Crippen molar-refractivity contribution in [1.29, 1.82) is 0 Å². The molecule has 0 saturated heterocycles. The number of carbonyl (C=O) groups excluding carboxylic acids is 2. The second-order valence-corrected chi connectivity index (χ2v) is 7.98. The number of alkyl halides is 2. The molecule has 2 rings (SSSR count). The third-order valence-electron chi connectivity index (χ3n) is 3.11. The van der Waals surface area contributed by atoms with Crippen molar-refractivity contribution in [3.63, 3.8) is 0 Å². The number of anilines is 1. The summed E-state index contributed by atoms with van der Waals surface area (Å²) < 4.78 is 22.9. The minimum atomic E-state index is -3.97. The van der Waals surface area contributed by atoms with Crippen LogP contribution in [0, 0.1) is 0 Å². The smallest absolute Gasteiger partial charge is 0.257 e. The first-order chi connectivity index (χ1) is 11.6. The molecule has 0 radical (unpaired) electrons. The van der Waals surface area contributed by atoms with Gasteiger partial charge in [-0.05, 0) is 30.3 Å². The Bertz CT molecular complexity index is 946. The number of primary sulfonamides is 1. The van der Waals surface area contributed by atoms with E-state index in [1.165, 1.54) is 36.4 Å². The summed E-state index contributed by atoms with van der Waals surface area (Å²) in [6.45, 7) is 0. The van der Waals surface area contributed by atoms with Gasteiger partial charge in [0.15, 0.2) is 10.6 Å². The fourth-order valence-electron chi connectivity index (χ4n) is 1.97. The molecule has 3 N–H and O–H groups in total. The summed E-state index contributed by atoms with van der Waals surface area (Å²) >= 11 is 16.9. The third kappa shape index (κ3) is 4.93. The Kier molecular flexibility index (Phi) is 6.08. The van der Waals surface area contributed by atoms with Gasteiger partial charge in [-0.1, -0.05) is 46.9 Å². The van der Waals surface area contributed by atoms with Crippen molar-refractivity contribution in [1.82, 2.24) is 0 Å². The van der Waals surface area contributed by atoms with Gasteiger partial charge in [0.25, 0.3) is 5.91 Å². The minimum Gasteiger partial charge on any atom is -0.323 e. The van der Waals surface area contributed by atoms with Gasteiger partial charge in [-0.15, -0.1) is 0 Å². The predicted octanol–water partition coefficient (Wildman–Crippen LogP) is 2.96. The highest BCUT2D eigenvalue weighted by Crippen LogP contribution is 2.25. The number of carbonyl (C=O) groups is 2. The molecular weight excluding hydrogens is 411 g/mol. The number of benzene rings is 2. The zero-order chi connectivity index (χ0) is 18.8. The number of ketones is 1. The highest BCUT2D eigenvalue weighted by atomic mass is 35.5. The Morgan fingerprint density at radius 3 is 2.36 bits per heavy atom. The summed E-state index contributed by atoms with van der Waals surface area (Å²) in [7, 11) is -3.97. The van der Waals surface area contributed by atoms with Gasteiger partial charge in [-0.3, -0.25) is 9.59 Å². The maximum atomic E-state index is 12.7. The lowest BCUT2D eigenvalue weighted by molar-refractivity contribution is -0.114. The molecule has 6 nitrogen and oxygen atoms in total. The molecule has 2 aromatic carbocycles. The topological polar surface area (TPSA) is 106 Å². The Balaban J connectivity index is 2.49. The molecule has 0 atom stereocenters. The summed E-state index contributed by atoms with van der Waals surface area (Å²) in [4.78, 5) is 22.9. The lowest BCUT2D eigenvalue weighted by Crippen LogP contribution is -2.20. The van der Waals surface area contributed by atoms with Crippen molar-refractivity contribution in [2.24, 2.45) is 5.14 Å². The standard InChI is InChI=1S/C15H11Cl3N2O4S/c16-9-4-5-12(20-15(22)14(17)18)11(7-9)13(21)8-2-1-3-10(6-8)25(19,23)24/h1-7,14H,(H,20,22)(H2,19,23,24). The predicted molar refractivity (Wildman–Crippen MR) is 96.8 cm³/mol. The van der Waals surface area contributed by atoms with Gasteiger partial charge < -0.3 is 5.32 Å². The zero-order valence-electron chi connectivity index (χ0n) is 12.4. The first-order valence-electron chi connectivity index (χ1n) is 6.65. The van der Waals surface area contributed by atoms with Crippen LogP contribution in [0.1, 0.15) is 15.9 Å². The summed E-state index contributed by atoms with van der Waals surface area (Å²) in [5, 5.41) is 7.73. The van der Waals surface area contributed by atoms with Gasteiger partial charge in [0.2, 0.25) is 10.0 Å². The van der Waals surface area contributed by atoms with Crippen LogP contribution in [-0.4, -0.2) is 24.9 Å². The van der Waals surface area contributed by atoms with Crippen LogP contribution in [0.3, 0.4) is 0 Å². The van der Waals surface area contributed by atoms with E-state index in [1.54, 1.807) is 0 Å². The van der Waals surface area contributed by atoms with Crippen LogP contribution in [0.4, 0.5) is 5.69 Å². The van der Waals surface area contributed by atoms with E-state index < -0.39 is 26.5 Å². The van der Waals surface area contributed by atoms with E-state index in [1.807, 2.05) is 0 Å². The molecule has 0 saturated carbocycles. The van der Waals surface area contributed by atoms with E-state index in [2.05, 4.69) is 5.32 Å². The third-order valence-corrected chi connectivity index (χ3v) is 4.65. The first kappa shape index (κ1) is 19.7. The molecule has 25 heavy (non-hydrogen) atoms. The van der Waals surface area contributed by atoms with Crippen molar-refractivity contribution < 1.29 is 18.0 Å². The monoisotopic (exact) mass is 420 g/mol. The lowest BCUT2D eigenvalue weighted by atomic mass is 10.0. The zero-order valence-corrected chi connectivity index (χ0v) is 15.5. The second-order valence-electron chi connectivity index (χ2n) is 4.88. The maximum Gasteiger partial charge on any atom is 0.257 e. The number of amides is 1. The molecule has 0 heterocycles. The van der Waals surface area contributed by atoms with Crippen LogP contribution in [0.15, 0.2) is 47.4 Å². The van der Waals surface area contributed by atoms with Crippen molar-refractivity contribution in [2.45, 2.75) is 9.73 Å². The molecule has 0 bridgehead atoms. The second kappa shape index (κ2) is 7.72. The SMILES string of the molecule is NS(=O)(=O)c1cccc(C(=O)c2cc(Cl)ccc2NC(=O)C(Cl)Cl)c1. The van der Waals surface area contributed by atoms with Crippen LogP contribution in [0.5, 0.6) is 0 Å². The highest BCUT2D eigenvalue weighted by molar-refractivity contribution is 7.89. The van der Waals surface area contributed by atoms with E-state index >= 15 is 0 Å². The molecular formula is C15H11Cl3N2O4S. The number of halogens is 3. The van der Waals surface area contributed by atoms with Crippen molar-refractivity contribution in [3.8, 4) is 0 Å². The lowest BCUT2D eigenvalue weighted by Gasteiger charge is -2.12. The quantitative estimate of drug-likeness (QED) is 0.571. The molecule has 0 aliphatic heterocycles. The van der Waals surface area contributed by atoms with Crippen LogP contribution in [-0.2, 0) is 14.8 Å². The van der Waals surface area contributed by atoms with Gasteiger partial charge in [0, 0.05) is 16.1 Å². The van der Waals surface area contributed by atoms with E-state index in [0.29, 0.717) is 0 Å². The molecule has 132 valence electrons. The average Bonchev–Trinajstić information content (AvgIpc) is 2.55. The van der Waals surface area contributed by atoms with E-state index in [4.69, 9.17) is 39.9 Å². The summed E-state index contributed by atoms with van der Waals surface area (Å²) in [5.74, 6) is -1.29. The Morgan fingerprint density at radius 2 is 1.76 bits per heavy atom. The summed E-state index contributed by atoms with van der Waals surface area (Å²) in [5.41, 5.74) is 0.227. The van der Waals surface area contributed by atoms with Crippen LogP contribution < -0.4 is 10.5 Å². The van der Waals surface area contributed by atoms with Gasteiger partial charge in [-0.25, -0.2) is 13.6 Å². The number of nitrogens with one attached hydrogen (secondary N) is 1. The molecule has 0 fully saturated rings. The number of hydrogen-bond donors (Lipinski definition) is 2. The number of rotatable bonds is 5. The Hall–Kier alpha value is -1.64. The van der Waals surface area contributed by atoms with Crippen LogP contribution >= 0.6 is 34.8 Å². The van der Waals surface area contributed by atoms with Crippen molar-refractivity contribution >= 4 is 62.2 Å². The largest absolute Gasteiger partial charge is 0.323 e. The average molecular weight is 422 g/mol. The molecule has 2 aromatic rings. The van der Waals surface area contributed by atoms with Crippen molar-refractivity contribution in [2.75, 3.05) is 5.32 Å². The van der Waals surface area contributed by atoms with Crippen molar-refractivity contribution in [3.05, 3.63) is 58.6 Å². The van der Waals surface area contributed by atoms with Gasteiger partial charge >= 0.3 is 0 Å². The molecule has 0 aromatic heterocycles. The molecule has 1 amide bonds. The van der Waals surface area contributed by atoms with Crippen LogP contribution in [0.2, 0.25) is 5.02 Å². The molecule has 10 heteroatoms. The first-order valence-corrected chi connectivity index (χ1v) is 9.45. The number of sulfonamides is 1. The minimum absolute atomic E-state index is 0.0430. The normalized spacial score (nSPS) is 11.4. The number of hydrogen-bond acceptors (Lipinski definition) is 4. The van der Waals surface area contributed by atoms with E-state index in [-0.39, 0.29) is 26.7 Å². The Labute approximate surface area is 158 Å². The van der Waals surface area contributed by atoms with Gasteiger partial charge in [0.1, 0.15) is 0 Å². The maximum absolute atomic E-state index is 12.7. The highest BCUT2D eigenvalue weighted by Gasteiger charge is 2.20. The summed E-state index contributed by atoms with van der Waals surface area (Å²) in [6.07, 6.45) is 0. The van der Waals surface area contributed by atoms with Gasteiger partial charge in [-0.2, -0.15) is 0 Å². The molecule has 0 aliphatic rings. The van der Waals surface area contributed by atoms with E-state index in [9.17, 15) is 18.0 Å². The number of nitrogens with two attached hydrogens (primary N) is 1. The van der Waals surface area contributed by atoms with Gasteiger partial charge in [0.05, 0.1) is 10.6 Å². The fourth-order valence-corrected chi connectivity index (χ4v) is 2.81. The molecule has 0 aliphatic carbocycles.